The van der Waals surface area contributed by atoms with Gasteiger partial charge in [0.15, 0.2) is 0 Å². The van der Waals surface area contributed by atoms with E-state index in [0.29, 0.717) is 0 Å². The van der Waals surface area contributed by atoms with Gasteiger partial charge >= 0.3 is 0 Å². The average molecular weight is 363 g/mol. The Morgan fingerprint density at radius 3 is 2.96 bits per heavy atom. The molecule has 0 aliphatic carbocycles. The van der Waals surface area contributed by atoms with Gasteiger partial charge in [-0.1, -0.05) is 19.1 Å². The van der Waals surface area contributed by atoms with Crippen LogP contribution >= 0.6 is 0 Å². The largest absolute Gasteiger partial charge is 0.497 e. The van der Waals surface area contributed by atoms with Crippen LogP contribution in [0.3, 0.4) is 0 Å². The van der Waals surface area contributed by atoms with Crippen molar-refractivity contribution in [2.24, 2.45) is 0 Å². The summed E-state index contributed by atoms with van der Waals surface area (Å²) < 4.78 is 5.42. The highest BCUT2D eigenvalue weighted by molar-refractivity contribution is 5.47. The zero-order valence-electron chi connectivity index (χ0n) is 16.1. The summed E-state index contributed by atoms with van der Waals surface area (Å²) in [6, 6.07) is 10.3. The minimum atomic E-state index is 0.167. The van der Waals surface area contributed by atoms with E-state index < -0.39 is 0 Å². The fraction of sp³-hybridized carbons (Fsp3) is 0.381. The van der Waals surface area contributed by atoms with Crippen molar-refractivity contribution in [1.29, 1.82) is 0 Å². The Morgan fingerprint density at radius 1 is 1.26 bits per heavy atom. The molecule has 4 rings (SSSR count). The molecule has 1 unspecified atom stereocenters. The summed E-state index contributed by atoms with van der Waals surface area (Å²) in [6.45, 7) is 5.79. The Labute approximate surface area is 159 Å². The van der Waals surface area contributed by atoms with Crippen LogP contribution in [0.2, 0.25) is 0 Å². The van der Waals surface area contributed by atoms with Gasteiger partial charge in [0, 0.05) is 30.6 Å². The van der Waals surface area contributed by atoms with E-state index in [-0.39, 0.29) is 5.92 Å². The Bertz CT molecular complexity index is 936. The Kier molecular flexibility index (Phi) is 4.79. The van der Waals surface area contributed by atoms with Gasteiger partial charge in [0.2, 0.25) is 0 Å². The van der Waals surface area contributed by atoms with Gasteiger partial charge in [0.05, 0.1) is 31.4 Å². The van der Waals surface area contributed by atoms with Crippen LogP contribution < -0.4 is 9.64 Å². The molecule has 6 heteroatoms. The van der Waals surface area contributed by atoms with Crippen molar-refractivity contribution < 1.29 is 4.74 Å². The third-order valence-corrected chi connectivity index (χ3v) is 5.01. The zero-order chi connectivity index (χ0) is 18.8. The first-order valence-corrected chi connectivity index (χ1v) is 9.43. The molecule has 3 heterocycles. The van der Waals surface area contributed by atoms with Crippen LogP contribution in [0.15, 0.2) is 36.7 Å². The monoisotopic (exact) mass is 363 g/mol. The maximum absolute atomic E-state index is 5.42. The lowest BCUT2D eigenvalue weighted by molar-refractivity contribution is 0.414. The van der Waals surface area contributed by atoms with Crippen molar-refractivity contribution >= 4 is 5.82 Å². The number of methoxy groups -OCH3 is 1. The molecule has 140 valence electrons. The van der Waals surface area contributed by atoms with Crippen LogP contribution in [0.25, 0.3) is 0 Å². The summed E-state index contributed by atoms with van der Waals surface area (Å²) in [4.78, 5) is 19.6. The van der Waals surface area contributed by atoms with E-state index in [4.69, 9.17) is 9.72 Å². The van der Waals surface area contributed by atoms with E-state index in [0.717, 1.165) is 60.4 Å². The third kappa shape index (κ3) is 3.52. The van der Waals surface area contributed by atoms with E-state index >= 15 is 0 Å². The van der Waals surface area contributed by atoms with Crippen LogP contribution in [-0.4, -0.2) is 33.6 Å². The van der Waals surface area contributed by atoms with Gasteiger partial charge in [0.25, 0.3) is 0 Å². The molecule has 1 N–H and O–H groups in total. The number of rotatable bonds is 5. The zero-order valence-corrected chi connectivity index (χ0v) is 16.1. The second-order valence-corrected chi connectivity index (χ2v) is 7.01. The Hall–Kier alpha value is -2.89. The number of anilines is 1. The predicted octanol–water partition coefficient (Wildman–Crippen LogP) is 3.62. The van der Waals surface area contributed by atoms with Gasteiger partial charge in [-0.2, -0.15) is 0 Å². The van der Waals surface area contributed by atoms with Gasteiger partial charge in [-0.25, -0.2) is 15.0 Å². The number of imidazole rings is 1. The van der Waals surface area contributed by atoms with Gasteiger partial charge in [-0.15, -0.1) is 0 Å². The molecule has 0 spiro atoms. The number of ether oxygens (including phenoxy) is 1. The van der Waals surface area contributed by atoms with Crippen LogP contribution in [0, 0.1) is 6.92 Å². The highest BCUT2D eigenvalue weighted by atomic mass is 16.5. The van der Waals surface area contributed by atoms with Crippen LogP contribution in [0.4, 0.5) is 5.82 Å². The lowest BCUT2D eigenvalue weighted by Crippen LogP contribution is -2.35. The highest BCUT2D eigenvalue weighted by Crippen LogP contribution is 2.34. The molecule has 1 aromatic carbocycles. The van der Waals surface area contributed by atoms with Crippen molar-refractivity contribution in [2.75, 3.05) is 18.6 Å². The first-order chi connectivity index (χ1) is 13.2. The molecule has 6 nitrogen and oxygen atoms in total. The standard InChI is InChI=1S/C21H25N5O/c1-4-6-19-24-14(2)9-20(25-19)26-11-17(21-18(12-26)22-13-23-21)15-7-5-8-16(10-15)27-3/h5,7-10,13,17H,4,6,11-12H2,1-3H3,(H,22,23). The molecular formula is C21H25N5O. The predicted molar refractivity (Wildman–Crippen MR) is 105 cm³/mol. The van der Waals surface area contributed by atoms with Gasteiger partial charge in [-0.05, 0) is 31.0 Å². The molecular weight excluding hydrogens is 338 g/mol. The summed E-state index contributed by atoms with van der Waals surface area (Å²) in [6.07, 6.45) is 3.73. The molecule has 3 aromatic rings. The smallest absolute Gasteiger partial charge is 0.132 e. The number of aromatic amines is 1. The number of H-pyrrole nitrogens is 1. The lowest BCUT2D eigenvalue weighted by Gasteiger charge is -2.33. The number of benzene rings is 1. The average Bonchev–Trinajstić information content (AvgIpc) is 3.16. The van der Waals surface area contributed by atoms with Crippen molar-refractivity contribution in [3.8, 4) is 5.75 Å². The number of fused-ring (bicyclic) bond motifs is 1. The molecule has 0 radical (unpaired) electrons. The number of hydrogen-bond donors (Lipinski definition) is 1. The van der Waals surface area contributed by atoms with Crippen LogP contribution in [0.1, 0.15) is 47.7 Å². The number of aryl methyl sites for hydroxylation is 2. The minimum Gasteiger partial charge on any atom is -0.497 e. The van der Waals surface area contributed by atoms with Gasteiger partial charge in [0.1, 0.15) is 17.4 Å². The molecule has 1 atom stereocenters. The topological polar surface area (TPSA) is 66.9 Å². The highest BCUT2D eigenvalue weighted by Gasteiger charge is 2.30. The molecule has 1 aliphatic heterocycles. The van der Waals surface area contributed by atoms with Crippen molar-refractivity contribution in [2.45, 2.75) is 39.2 Å². The van der Waals surface area contributed by atoms with E-state index in [1.54, 1.807) is 13.4 Å². The van der Waals surface area contributed by atoms with E-state index in [1.807, 2.05) is 19.1 Å². The fourth-order valence-corrected chi connectivity index (χ4v) is 3.73. The SMILES string of the molecule is CCCc1nc(C)cc(N2Cc3[nH]cnc3C(c3cccc(OC)c3)C2)n1. The lowest BCUT2D eigenvalue weighted by atomic mass is 9.90. The van der Waals surface area contributed by atoms with E-state index in [2.05, 4.69) is 45.0 Å². The number of nitrogens with one attached hydrogen (secondary N) is 1. The molecule has 0 fully saturated rings. The van der Waals surface area contributed by atoms with E-state index in [1.165, 1.54) is 5.56 Å². The first-order valence-electron chi connectivity index (χ1n) is 9.43. The molecule has 0 saturated heterocycles. The summed E-state index contributed by atoms with van der Waals surface area (Å²) in [5.74, 6) is 2.93. The second-order valence-electron chi connectivity index (χ2n) is 7.01. The minimum absolute atomic E-state index is 0.167. The molecule has 1 aliphatic rings. The van der Waals surface area contributed by atoms with Gasteiger partial charge < -0.3 is 14.6 Å². The number of aromatic nitrogens is 4. The van der Waals surface area contributed by atoms with E-state index in [9.17, 15) is 0 Å². The molecule has 0 amide bonds. The summed E-state index contributed by atoms with van der Waals surface area (Å²) in [5, 5.41) is 0. The van der Waals surface area contributed by atoms with Crippen molar-refractivity contribution in [3.05, 3.63) is 65.1 Å². The third-order valence-electron chi connectivity index (χ3n) is 5.01. The maximum atomic E-state index is 5.42. The maximum Gasteiger partial charge on any atom is 0.132 e. The summed E-state index contributed by atoms with van der Waals surface area (Å²) in [7, 11) is 1.70. The fourth-order valence-electron chi connectivity index (χ4n) is 3.73. The molecule has 2 aromatic heterocycles. The van der Waals surface area contributed by atoms with Crippen molar-refractivity contribution in [1.82, 2.24) is 19.9 Å². The normalized spacial score (nSPS) is 16.3. The molecule has 0 bridgehead atoms. The number of nitrogens with zero attached hydrogens (tertiary/aromatic N) is 4. The summed E-state index contributed by atoms with van der Waals surface area (Å²) >= 11 is 0. The molecule has 27 heavy (non-hydrogen) atoms. The quantitative estimate of drug-likeness (QED) is 0.750. The van der Waals surface area contributed by atoms with Crippen LogP contribution in [0.5, 0.6) is 5.75 Å². The first kappa shape index (κ1) is 17.5. The second kappa shape index (κ2) is 7.39. The van der Waals surface area contributed by atoms with Gasteiger partial charge in [-0.3, -0.25) is 0 Å². The molecule has 0 saturated carbocycles. The summed E-state index contributed by atoms with van der Waals surface area (Å²) in [5.41, 5.74) is 4.46. The Morgan fingerprint density at radius 2 is 2.15 bits per heavy atom. The van der Waals surface area contributed by atoms with Crippen molar-refractivity contribution in [3.63, 3.8) is 0 Å². The van der Waals surface area contributed by atoms with Crippen LogP contribution in [-0.2, 0) is 13.0 Å². The number of hydrogen-bond acceptors (Lipinski definition) is 5. The Balaban J connectivity index is 1.71.